The molecule has 0 atom stereocenters. The van der Waals surface area contributed by atoms with Crippen molar-refractivity contribution in [2.45, 2.75) is 13.1 Å². The van der Waals surface area contributed by atoms with Crippen LogP contribution in [0.2, 0.25) is 0 Å². The Morgan fingerprint density at radius 1 is 1.37 bits per heavy atom. The molecule has 3 rings (SSSR count). The third-order valence-corrected chi connectivity index (χ3v) is 3.15. The normalized spacial score (nSPS) is 14.3. The monoisotopic (exact) mass is 261 g/mol. The van der Waals surface area contributed by atoms with Gasteiger partial charge < -0.3 is 15.2 Å². The number of nitrogens with zero attached hydrogens (tertiary/aromatic N) is 4. The van der Waals surface area contributed by atoms with E-state index in [1.807, 2.05) is 4.57 Å². The molecule has 1 amide bonds. The van der Waals surface area contributed by atoms with Gasteiger partial charge in [-0.2, -0.15) is 0 Å². The molecule has 0 saturated heterocycles. The molecule has 0 aliphatic carbocycles. The Kier molecular flexibility index (Phi) is 2.66. The van der Waals surface area contributed by atoms with Gasteiger partial charge in [0.2, 0.25) is 0 Å². The van der Waals surface area contributed by atoms with Crippen LogP contribution < -0.4 is 5.73 Å². The molecule has 1 aliphatic rings. The number of fused-ring (bicyclic) bond motifs is 1. The summed E-state index contributed by atoms with van der Waals surface area (Å²) in [6.07, 6.45) is 1.62. The van der Waals surface area contributed by atoms with E-state index in [9.17, 15) is 9.18 Å². The van der Waals surface area contributed by atoms with E-state index in [-0.39, 0.29) is 11.5 Å². The minimum absolute atomic E-state index is 0.00651. The Bertz CT molecular complexity index is 639. The lowest BCUT2D eigenvalue weighted by Gasteiger charge is -2.27. The van der Waals surface area contributed by atoms with Crippen molar-refractivity contribution in [3.63, 3.8) is 0 Å². The van der Waals surface area contributed by atoms with Crippen LogP contribution in [0.4, 0.5) is 10.1 Å². The summed E-state index contributed by atoms with van der Waals surface area (Å²) in [4.78, 5) is 13.8. The number of halogens is 1. The van der Waals surface area contributed by atoms with Crippen LogP contribution in [-0.2, 0) is 13.1 Å². The first-order valence-electron chi connectivity index (χ1n) is 5.86. The number of hydrogen-bond donors (Lipinski definition) is 1. The lowest BCUT2D eigenvalue weighted by atomic mass is 10.1. The smallest absolute Gasteiger partial charge is 0.257 e. The standard InChI is InChI=1S/C12H12FN5O/c13-10-2-1-8(14)5-9(10)12(19)17-3-4-18-7-15-16-11(18)6-17/h1-2,5,7H,3-4,6,14H2. The van der Waals surface area contributed by atoms with Gasteiger partial charge in [-0.05, 0) is 18.2 Å². The molecule has 19 heavy (non-hydrogen) atoms. The molecule has 98 valence electrons. The summed E-state index contributed by atoms with van der Waals surface area (Å²) < 4.78 is 15.5. The maximum atomic E-state index is 13.7. The van der Waals surface area contributed by atoms with E-state index in [1.165, 1.54) is 18.2 Å². The summed E-state index contributed by atoms with van der Waals surface area (Å²) in [6.45, 7) is 1.43. The van der Waals surface area contributed by atoms with Crippen LogP contribution in [0.5, 0.6) is 0 Å². The number of hydrogen-bond acceptors (Lipinski definition) is 4. The molecule has 0 radical (unpaired) electrons. The second-order valence-corrected chi connectivity index (χ2v) is 4.41. The third-order valence-electron chi connectivity index (χ3n) is 3.15. The van der Waals surface area contributed by atoms with Gasteiger partial charge in [0, 0.05) is 18.8 Å². The molecule has 0 unspecified atom stereocenters. The summed E-state index contributed by atoms with van der Waals surface area (Å²) in [7, 11) is 0. The summed E-state index contributed by atoms with van der Waals surface area (Å²) >= 11 is 0. The first-order valence-corrected chi connectivity index (χ1v) is 5.86. The van der Waals surface area contributed by atoms with E-state index in [0.717, 1.165) is 0 Å². The maximum Gasteiger partial charge on any atom is 0.257 e. The molecule has 7 heteroatoms. The summed E-state index contributed by atoms with van der Waals surface area (Å²) in [5.41, 5.74) is 5.95. The van der Waals surface area contributed by atoms with Crippen molar-refractivity contribution < 1.29 is 9.18 Å². The highest BCUT2D eigenvalue weighted by Gasteiger charge is 2.24. The fourth-order valence-corrected chi connectivity index (χ4v) is 2.12. The zero-order valence-corrected chi connectivity index (χ0v) is 10.1. The highest BCUT2D eigenvalue weighted by Crippen LogP contribution is 2.17. The Morgan fingerprint density at radius 3 is 3.05 bits per heavy atom. The van der Waals surface area contributed by atoms with Crippen molar-refractivity contribution >= 4 is 11.6 Å². The van der Waals surface area contributed by atoms with Gasteiger partial charge >= 0.3 is 0 Å². The molecular weight excluding hydrogens is 249 g/mol. The van der Waals surface area contributed by atoms with Crippen LogP contribution in [0.1, 0.15) is 16.2 Å². The number of anilines is 1. The van der Waals surface area contributed by atoms with E-state index in [2.05, 4.69) is 10.2 Å². The number of benzene rings is 1. The summed E-state index contributed by atoms with van der Waals surface area (Å²) in [5.74, 6) is -0.241. The van der Waals surface area contributed by atoms with E-state index in [0.29, 0.717) is 31.1 Å². The molecular formula is C12H12FN5O. The number of nitrogens with two attached hydrogens (primary N) is 1. The van der Waals surface area contributed by atoms with Gasteiger partial charge in [0.1, 0.15) is 12.1 Å². The number of aromatic nitrogens is 3. The van der Waals surface area contributed by atoms with Crippen LogP contribution in [0.15, 0.2) is 24.5 Å². The zero-order valence-electron chi connectivity index (χ0n) is 10.1. The van der Waals surface area contributed by atoms with Crippen LogP contribution in [0, 0.1) is 5.82 Å². The SMILES string of the molecule is Nc1ccc(F)c(C(=O)N2CCn3cnnc3C2)c1. The Hall–Kier alpha value is -2.44. The zero-order chi connectivity index (χ0) is 13.4. The predicted molar refractivity (Wildman–Crippen MR) is 65.6 cm³/mol. The predicted octanol–water partition coefficient (Wildman–Crippen LogP) is 0.655. The molecule has 1 aromatic carbocycles. The van der Waals surface area contributed by atoms with Crippen molar-refractivity contribution in [3.8, 4) is 0 Å². The topological polar surface area (TPSA) is 77.0 Å². The van der Waals surface area contributed by atoms with Crippen molar-refractivity contribution in [1.82, 2.24) is 19.7 Å². The number of carbonyl (C=O) groups is 1. The molecule has 2 heterocycles. The Morgan fingerprint density at radius 2 is 2.21 bits per heavy atom. The molecule has 6 nitrogen and oxygen atoms in total. The molecule has 0 fully saturated rings. The van der Waals surface area contributed by atoms with Gasteiger partial charge in [-0.25, -0.2) is 4.39 Å². The largest absolute Gasteiger partial charge is 0.399 e. The van der Waals surface area contributed by atoms with Crippen molar-refractivity contribution in [2.24, 2.45) is 0 Å². The minimum atomic E-state index is -0.564. The Labute approximate surface area is 108 Å². The fourth-order valence-electron chi connectivity index (χ4n) is 2.12. The number of rotatable bonds is 1. The average Bonchev–Trinajstić information content (AvgIpc) is 2.88. The first-order chi connectivity index (χ1) is 9.15. The number of carbonyl (C=O) groups excluding carboxylic acids is 1. The number of nitrogen functional groups attached to an aromatic ring is 1. The minimum Gasteiger partial charge on any atom is -0.399 e. The van der Waals surface area contributed by atoms with Crippen LogP contribution in [0.3, 0.4) is 0 Å². The summed E-state index contributed by atoms with van der Waals surface area (Å²) in [5, 5.41) is 7.71. The molecule has 1 aromatic heterocycles. The molecule has 0 bridgehead atoms. The lowest BCUT2D eigenvalue weighted by molar-refractivity contribution is 0.0702. The molecule has 1 aliphatic heterocycles. The van der Waals surface area contributed by atoms with Gasteiger partial charge in [-0.1, -0.05) is 0 Å². The molecule has 2 aromatic rings. The van der Waals surface area contributed by atoms with Crippen LogP contribution in [0.25, 0.3) is 0 Å². The average molecular weight is 261 g/mol. The lowest BCUT2D eigenvalue weighted by Crippen LogP contribution is -2.38. The maximum absolute atomic E-state index is 13.7. The third kappa shape index (κ3) is 2.03. The quantitative estimate of drug-likeness (QED) is 0.765. The van der Waals surface area contributed by atoms with Gasteiger partial charge in [-0.3, -0.25) is 4.79 Å². The van der Waals surface area contributed by atoms with Crippen LogP contribution >= 0.6 is 0 Å². The number of amides is 1. The highest BCUT2D eigenvalue weighted by atomic mass is 19.1. The van der Waals surface area contributed by atoms with Crippen molar-refractivity contribution in [1.29, 1.82) is 0 Å². The van der Waals surface area contributed by atoms with E-state index in [1.54, 1.807) is 11.2 Å². The van der Waals surface area contributed by atoms with E-state index >= 15 is 0 Å². The van der Waals surface area contributed by atoms with Crippen molar-refractivity contribution in [2.75, 3.05) is 12.3 Å². The fraction of sp³-hybridized carbons (Fsp3) is 0.250. The second-order valence-electron chi connectivity index (χ2n) is 4.41. The highest BCUT2D eigenvalue weighted by molar-refractivity contribution is 5.95. The Balaban J connectivity index is 1.87. The molecule has 2 N–H and O–H groups in total. The van der Waals surface area contributed by atoms with Gasteiger partial charge in [-0.15, -0.1) is 10.2 Å². The summed E-state index contributed by atoms with van der Waals surface area (Å²) in [6, 6.07) is 3.99. The van der Waals surface area contributed by atoms with E-state index in [4.69, 9.17) is 5.73 Å². The van der Waals surface area contributed by atoms with Gasteiger partial charge in [0.05, 0.1) is 12.1 Å². The second kappa shape index (κ2) is 4.34. The van der Waals surface area contributed by atoms with Gasteiger partial charge in [0.25, 0.3) is 5.91 Å². The molecule has 0 spiro atoms. The van der Waals surface area contributed by atoms with Gasteiger partial charge in [0.15, 0.2) is 5.82 Å². The van der Waals surface area contributed by atoms with Crippen LogP contribution in [-0.4, -0.2) is 32.1 Å². The molecule has 0 saturated carbocycles. The first kappa shape index (κ1) is 11.6. The van der Waals surface area contributed by atoms with Crippen molar-refractivity contribution in [3.05, 3.63) is 41.7 Å². The van der Waals surface area contributed by atoms with E-state index < -0.39 is 5.82 Å².